The molecule has 2 rings (SSSR count). The molecular formula is C14H13FO3. The van der Waals surface area contributed by atoms with Gasteiger partial charge in [0.05, 0.1) is 0 Å². The molecule has 0 spiro atoms. The molecule has 18 heavy (non-hydrogen) atoms. The van der Waals surface area contributed by atoms with E-state index in [0.29, 0.717) is 5.57 Å². The van der Waals surface area contributed by atoms with Gasteiger partial charge in [-0.1, -0.05) is 24.3 Å². The summed E-state index contributed by atoms with van der Waals surface area (Å²) in [6.07, 6.45) is 5.28. The Morgan fingerprint density at radius 1 is 1.11 bits per heavy atom. The van der Waals surface area contributed by atoms with Crippen LogP contribution in [-0.4, -0.2) is 21.2 Å². The smallest absolute Gasteiger partial charge is 0.233 e. The minimum atomic E-state index is -2.51. The van der Waals surface area contributed by atoms with Gasteiger partial charge in [-0.05, 0) is 29.3 Å². The van der Waals surface area contributed by atoms with Crippen molar-refractivity contribution in [3.63, 3.8) is 0 Å². The van der Waals surface area contributed by atoms with E-state index in [2.05, 4.69) is 0 Å². The van der Waals surface area contributed by atoms with Crippen molar-refractivity contribution in [2.24, 2.45) is 0 Å². The van der Waals surface area contributed by atoms with E-state index in [4.69, 9.17) is 5.11 Å². The van der Waals surface area contributed by atoms with Gasteiger partial charge in [0.2, 0.25) is 5.85 Å². The zero-order valence-corrected chi connectivity index (χ0v) is 9.55. The fourth-order valence-electron chi connectivity index (χ4n) is 1.74. The Balaban J connectivity index is 2.15. The molecule has 1 atom stereocenters. The van der Waals surface area contributed by atoms with Crippen molar-refractivity contribution in [1.29, 1.82) is 0 Å². The number of phenolic OH excluding ortho intramolecular Hbond substituents is 1. The van der Waals surface area contributed by atoms with Crippen LogP contribution in [0.1, 0.15) is 12.0 Å². The number of aliphatic hydroxyl groups excluding tert-OH is 1. The molecule has 1 aliphatic rings. The predicted octanol–water partition coefficient (Wildman–Crippen LogP) is 2.84. The Morgan fingerprint density at radius 3 is 2.39 bits per heavy atom. The van der Waals surface area contributed by atoms with Gasteiger partial charge in [-0.25, -0.2) is 4.39 Å². The Morgan fingerprint density at radius 2 is 1.78 bits per heavy atom. The molecule has 0 saturated carbocycles. The van der Waals surface area contributed by atoms with Crippen LogP contribution in [0, 0.1) is 0 Å². The lowest BCUT2D eigenvalue weighted by atomic mass is 9.98. The monoisotopic (exact) mass is 248 g/mol. The highest BCUT2D eigenvalue weighted by atomic mass is 19.2. The lowest BCUT2D eigenvalue weighted by Crippen LogP contribution is -2.22. The minimum absolute atomic E-state index is 0.169. The second-order valence-corrected chi connectivity index (χ2v) is 4.21. The Kier molecular flexibility index (Phi) is 3.21. The maximum absolute atomic E-state index is 13.4. The Hall–Kier alpha value is -2.07. The van der Waals surface area contributed by atoms with Gasteiger partial charge in [0.25, 0.3) is 0 Å². The number of aromatic hydroxyl groups is 1. The largest absolute Gasteiger partial charge is 0.508 e. The van der Waals surface area contributed by atoms with Gasteiger partial charge in [-0.2, -0.15) is 0 Å². The average Bonchev–Trinajstić information content (AvgIpc) is 2.25. The molecule has 94 valence electrons. The fourth-order valence-corrected chi connectivity index (χ4v) is 1.74. The zero-order chi connectivity index (χ0) is 13.2. The molecule has 1 aliphatic carbocycles. The molecule has 0 radical (unpaired) electrons. The first-order chi connectivity index (χ1) is 8.44. The van der Waals surface area contributed by atoms with E-state index in [-0.39, 0.29) is 17.9 Å². The van der Waals surface area contributed by atoms with Crippen LogP contribution in [0.2, 0.25) is 0 Å². The summed E-state index contributed by atoms with van der Waals surface area (Å²) in [5.41, 5.74) is 1.30. The van der Waals surface area contributed by atoms with E-state index in [0.717, 1.165) is 11.6 Å². The van der Waals surface area contributed by atoms with Crippen molar-refractivity contribution in [2.75, 3.05) is 0 Å². The summed E-state index contributed by atoms with van der Waals surface area (Å²) in [7, 11) is 0. The van der Waals surface area contributed by atoms with Crippen LogP contribution in [0.25, 0.3) is 6.08 Å². The zero-order valence-electron chi connectivity index (χ0n) is 9.55. The highest BCUT2D eigenvalue weighted by Crippen LogP contribution is 2.28. The number of allylic oxidation sites excluding steroid dienone is 2. The lowest BCUT2D eigenvalue weighted by molar-refractivity contribution is -0.0430. The van der Waals surface area contributed by atoms with Crippen molar-refractivity contribution in [2.45, 2.75) is 12.3 Å². The molecule has 0 saturated heterocycles. The molecule has 0 bridgehead atoms. The summed E-state index contributed by atoms with van der Waals surface area (Å²) in [6, 6.07) is 6.48. The summed E-state index contributed by atoms with van der Waals surface area (Å²) in [4.78, 5) is 0. The topological polar surface area (TPSA) is 60.7 Å². The number of hydrogen-bond acceptors (Lipinski definition) is 3. The molecule has 1 aromatic carbocycles. The predicted molar refractivity (Wildman–Crippen MR) is 66.6 cm³/mol. The first-order valence-corrected chi connectivity index (χ1v) is 5.45. The van der Waals surface area contributed by atoms with Crippen molar-refractivity contribution in [3.05, 3.63) is 59.4 Å². The van der Waals surface area contributed by atoms with Crippen molar-refractivity contribution >= 4 is 6.08 Å². The van der Waals surface area contributed by atoms with E-state index in [1.807, 2.05) is 0 Å². The quantitative estimate of drug-likeness (QED) is 0.754. The number of benzene rings is 1. The van der Waals surface area contributed by atoms with Crippen LogP contribution in [0.3, 0.4) is 0 Å². The van der Waals surface area contributed by atoms with E-state index < -0.39 is 5.85 Å². The average molecular weight is 248 g/mol. The number of halogens is 1. The molecule has 0 heterocycles. The first-order valence-electron chi connectivity index (χ1n) is 5.45. The van der Waals surface area contributed by atoms with E-state index in [1.165, 1.54) is 18.2 Å². The van der Waals surface area contributed by atoms with Gasteiger partial charge in [0, 0.05) is 12.5 Å². The second-order valence-electron chi connectivity index (χ2n) is 4.21. The standard InChI is InChI=1S/C14H13FO3/c15-14(18)8-11(7-13(17)9-14)2-1-10-3-5-12(16)6-4-10/h1-7,9,16-18H,8H2. The van der Waals surface area contributed by atoms with Crippen LogP contribution in [0.4, 0.5) is 4.39 Å². The Labute approximate surface area is 104 Å². The minimum Gasteiger partial charge on any atom is -0.508 e. The van der Waals surface area contributed by atoms with Gasteiger partial charge >= 0.3 is 0 Å². The normalized spacial score (nSPS) is 23.9. The molecule has 1 unspecified atom stereocenters. The molecule has 3 N–H and O–H groups in total. The molecule has 1 aromatic rings. The molecule has 0 amide bonds. The van der Waals surface area contributed by atoms with Gasteiger partial charge in [-0.15, -0.1) is 0 Å². The maximum atomic E-state index is 13.4. The fraction of sp³-hybridized carbons (Fsp3) is 0.143. The third-order valence-corrected chi connectivity index (χ3v) is 2.54. The molecule has 0 aliphatic heterocycles. The van der Waals surface area contributed by atoms with E-state index in [9.17, 15) is 14.6 Å². The second kappa shape index (κ2) is 4.66. The first kappa shape index (κ1) is 12.4. The van der Waals surface area contributed by atoms with Gasteiger partial charge in [-0.3, -0.25) is 0 Å². The van der Waals surface area contributed by atoms with Gasteiger partial charge < -0.3 is 15.3 Å². The number of alkyl halides is 1. The summed E-state index contributed by atoms with van der Waals surface area (Å²) in [5.74, 6) is -2.63. The summed E-state index contributed by atoms with van der Waals surface area (Å²) >= 11 is 0. The van der Waals surface area contributed by atoms with Crippen LogP contribution in [-0.2, 0) is 0 Å². The van der Waals surface area contributed by atoms with E-state index in [1.54, 1.807) is 24.3 Å². The van der Waals surface area contributed by atoms with Crippen LogP contribution >= 0.6 is 0 Å². The van der Waals surface area contributed by atoms with Crippen LogP contribution < -0.4 is 0 Å². The number of hydrogen-bond donors (Lipinski definition) is 3. The highest BCUT2D eigenvalue weighted by molar-refractivity contribution is 5.55. The SMILES string of the molecule is OC1=CC(O)(F)CC(C=Cc2ccc(O)cc2)=C1. The van der Waals surface area contributed by atoms with Gasteiger partial charge in [0.1, 0.15) is 11.5 Å². The van der Waals surface area contributed by atoms with Crippen LogP contribution in [0.15, 0.2) is 53.8 Å². The van der Waals surface area contributed by atoms with E-state index >= 15 is 0 Å². The van der Waals surface area contributed by atoms with Crippen LogP contribution in [0.5, 0.6) is 5.75 Å². The summed E-state index contributed by atoms with van der Waals surface area (Å²) < 4.78 is 13.4. The molecule has 0 fully saturated rings. The number of aliphatic hydroxyl groups is 2. The Bertz CT molecular complexity index is 524. The third kappa shape index (κ3) is 3.21. The molecule has 3 nitrogen and oxygen atoms in total. The highest BCUT2D eigenvalue weighted by Gasteiger charge is 2.27. The lowest BCUT2D eigenvalue weighted by Gasteiger charge is -2.19. The summed E-state index contributed by atoms with van der Waals surface area (Å²) in [6.45, 7) is 0. The molecular weight excluding hydrogens is 235 g/mol. The van der Waals surface area contributed by atoms with Crippen molar-refractivity contribution in [1.82, 2.24) is 0 Å². The molecule has 0 aromatic heterocycles. The number of phenols is 1. The number of rotatable bonds is 2. The summed E-state index contributed by atoms with van der Waals surface area (Å²) in [5, 5.41) is 27.6. The van der Waals surface area contributed by atoms with Gasteiger partial charge in [0.15, 0.2) is 0 Å². The van der Waals surface area contributed by atoms with Crippen molar-refractivity contribution < 1.29 is 19.7 Å². The molecule has 4 heteroatoms. The van der Waals surface area contributed by atoms with Crippen molar-refractivity contribution in [3.8, 4) is 5.75 Å². The maximum Gasteiger partial charge on any atom is 0.233 e. The third-order valence-electron chi connectivity index (χ3n) is 2.54.